The Morgan fingerprint density at radius 2 is 1.07 bits per heavy atom. The Kier molecular flexibility index (Phi) is 17.5. The zero-order chi connectivity index (χ0) is 26.4. The number of fused-ring (bicyclic) bond motifs is 3. The van der Waals surface area contributed by atoms with Crippen LogP contribution in [0.25, 0.3) is 43.4 Å². The minimum absolute atomic E-state index is 0. The molecule has 0 N–H and O–H groups in total. The predicted molar refractivity (Wildman–Crippen MR) is 188 cm³/mol. The molecule has 0 atom stereocenters. The molecule has 0 aliphatic carbocycles. The Morgan fingerprint density at radius 1 is 0.610 bits per heavy atom. The Labute approximate surface area is 274 Å². The fraction of sp³-hybridized carbons (Fsp3) is 0.189. The van der Waals surface area contributed by atoms with Crippen molar-refractivity contribution in [2.24, 2.45) is 0 Å². The van der Waals surface area contributed by atoms with Gasteiger partial charge in [0.2, 0.25) is 0 Å². The van der Waals surface area contributed by atoms with Crippen molar-refractivity contribution in [1.82, 2.24) is 0 Å². The molecule has 0 spiro atoms. The van der Waals surface area contributed by atoms with Crippen LogP contribution < -0.4 is 0 Å². The van der Waals surface area contributed by atoms with E-state index in [-0.39, 0.29) is 39.7 Å². The molecule has 0 aromatic heterocycles. The molecule has 0 aliphatic rings. The van der Waals surface area contributed by atoms with Crippen molar-refractivity contribution in [1.29, 1.82) is 0 Å². The van der Waals surface area contributed by atoms with Crippen LogP contribution >= 0.6 is 24.8 Å². The summed E-state index contributed by atoms with van der Waals surface area (Å²) in [6.45, 7) is 8.94. The molecule has 0 bridgehead atoms. The quantitative estimate of drug-likeness (QED) is 0.134. The van der Waals surface area contributed by atoms with Crippen LogP contribution in [-0.4, -0.2) is 7.63 Å². The summed E-state index contributed by atoms with van der Waals surface area (Å²) in [6.07, 6.45) is 2.22. The van der Waals surface area contributed by atoms with Crippen molar-refractivity contribution in [2.45, 2.75) is 46.5 Å². The summed E-state index contributed by atoms with van der Waals surface area (Å²) in [5.74, 6) is 0.616. The normalized spacial score (nSPS) is 9.76. The molecular weight excluding hydrogens is 591 g/mol. The number of aryl methyl sites for hydroxylation is 2. The molecule has 0 nitrogen and oxygen atoms in total. The third-order valence-electron chi connectivity index (χ3n) is 7.17. The van der Waals surface area contributed by atoms with E-state index in [0.717, 1.165) is 12.8 Å². The van der Waals surface area contributed by atoms with E-state index in [1.54, 1.807) is 19.2 Å². The second-order valence-electron chi connectivity index (χ2n) is 9.77. The first-order valence-corrected chi connectivity index (χ1v) is 16.0. The number of hydrogen-bond acceptors (Lipinski definition) is 0. The van der Waals surface area contributed by atoms with Crippen LogP contribution in [0.2, 0.25) is 0 Å². The second-order valence-corrected chi connectivity index (χ2v) is 9.77. The van der Waals surface area contributed by atoms with Crippen molar-refractivity contribution in [3.05, 3.63) is 135 Å². The van der Waals surface area contributed by atoms with Crippen LogP contribution in [0.5, 0.6) is 0 Å². The Morgan fingerprint density at radius 3 is 1.66 bits per heavy atom. The van der Waals surface area contributed by atoms with E-state index in [2.05, 4.69) is 138 Å². The van der Waals surface area contributed by atoms with Gasteiger partial charge in [0.15, 0.2) is 0 Å². The summed E-state index contributed by atoms with van der Waals surface area (Å²) in [5.41, 5.74) is 7.00. The van der Waals surface area contributed by atoms with E-state index in [0.29, 0.717) is 5.92 Å². The van der Waals surface area contributed by atoms with Gasteiger partial charge in [-0.1, -0.05) is 93.4 Å². The van der Waals surface area contributed by atoms with Crippen molar-refractivity contribution < 1.29 is 19.2 Å². The molecule has 0 aliphatic heterocycles. The fourth-order valence-electron chi connectivity index (χ4n) is 5.22. The van der Waals surface area contributed by atoms with E-state index in [4.69, 9.17) is 0 Å². The molecule has 216 valence electrons. The molecule has 0 saturated carbocycles. The number of halogens is 2. The maximum absolute atomic E-state index is 2.97. The van der Waals surface area contributed by atoms with Gasteiger partial charge in [-0.3, -0.25) is 0 Å². The monoisotopic (exact) mass is 632 g/mol. The number of hydrogen-bond donors (Lipinski definition) is 0. The van der Waals surface area contributed by atoms with E-state index < -0.39 is 0 Å². The molecule has 0 fully saturated rings. The van der Waals surface area contributed by atoms with Crippen LogP contribution in [0.15, 0.2) is 103 Å². The first-order valence-electron chi connectivity index (χ1n) is 13.2. The van der Waals surface area contributed by atoms with E-state index in [1.165, 1.54) is 60.1 Å². The SMILES string of the molecule is CCc1cc2c(-c3cccc4ccccc34)cccc2[cH-]1.CCc1cc2c(C(C)C)cccc2[cH-]1.Cl.Cl.[CH3-].[CH3-].[Si]=[Ti]. The molecule has 0 unspecified atom stereocenters. The van der Waals surface area contributed by atoms with Gasteiger partial charge in [-0.25, -0.2) is 0 Å². The summed E-state index contributed by atoms with van der Waals surface area (Å²) >= 11 is 1.81. The molecule has 6 aromatic carbocycles. The molecule has 4 heteroatoms. The molecule has 6 aromatic rings. The molecule has 6 rings (SSSR count). The Bertz CT molecular complexity index is 1620. The van der Waals surface area contributed by atoms with Gasteiger partial charge in [0.05, 0.1) is 0 Å². The van der Waals surface area contributed by atoms with Gasteiger partial charge in [-0.15, -0.1) is 93.9 Å². The van der Waals surface area contributed by atoms with Gasteiger partial charge in [0.1, 0.15) is 0 Å². The predicted octanol–water partition coefficient (Wildman–Crippen LogP) is 11.5. The average molecular weight is 634 g/mol. The van der Waals surface area contributed by atoms with Crippen molar-refractivity contribution in [3.8, 4) is 11.1 Å². The fourth-order valence-corrected chi connectivity index (χ4v) is 5.22. The average Bonchev–Trinajstić information content (AvgIpc) is 3.58. The standard InChI is InChI=1S/C21H17.C14H17.2CH3.2ClH.Si.Ti/c1-2-15-13-17-9-6-12-20(21(17)14-15)19-11-5-8-16-7-3-4-10-18(16)19;1-4-11-8-12-6-5-7-13(10(2)3)14(12)9-11;;;;;;/h3-14H,2H2,1H3;5-10H,4H2,1-3H3;2*1H3;2*1H;;/q4*-1;;;;. The van der Waals surface area contributed by atoms with Gasteiger partial charge in [-0.2, -0.15) is 12.1 Å². The van der Waals surface area contributed by atoms with Crippen LogP contribution in [0.1, 0.15) is 50.3 Å². The number of rotatable bonds is 4. The van der Waals surface area contributed by atoms with Crippen LogP contribution in [0.3, 0.4) is 0 Å². The molecule has 41 heavy (non-hydrogen) atoms. The molecule has 0 heterocycles. The molecule has 0 amide bonds. The van der Waals surface area contributed by atoms with E-state index in [1.807, 2.05) is 0 Å². The zero-order valence-corrected chi connectivity index (χ0v) is 29.3. The first kappa shape index (κ1) is 38.9. The third kappa shape index (κ3) is 8.69. The van der Waals surface area contributed by atoms with Crippen molar-refractivity contribution in [3.63, 3.8) is 0 Å². The van der Waals surface area contributed by atoms with Crippen molar-refractivity contribution >= 4 is 64.8 Å². The van der Waals surface area contributed by atoms with Crippen molar-refractivity contribution in [2.75, 3.05) is 0 Å². The van der Waals surface area contributed by atoms with Crippen LogP contribution in [0, 0.1) is 14.9 Å². The summed E-state index contributed by atoms with van der Waals surface area (Å²) < 4.78 is 0. The van der Waals surface area contributed by atoms with Gasteiger partial charge < -0.3 is 14.9 Å². The molecule has 0 saturated heterocycles. The number of benzene rings is 4. The Hall–Kier alpha value is -2.13. The molecule has 2 radical (unpaired) electrons. The maximum atomic E-state index is 2.97. The summed E-state index contributed by atoms with van der Waals surface area (Å²) in [6, 6.07) is 37.7. The first-order chi connectivity index (χ1) is 18.1. The van der Waals surface area contributed by atoms with Gasteiger partial charge in [0.25, 0.3) is 0 Å². The van der Waals surface area contributed by atoms with E-state index in [9.17, 15) is 0 Å². The van der Waals surface area contributed by atoms with Gasteiger partial charge in [-0.05, 0) is 35.1 Å². The van der Waals surface area contributed by atoms with Crippen LogP contribution in [0.4, 0.5) is 0 Å². The zero-order valence-electron chi connectivity index (χ0n) is 25.1. The van der Waals surface area contributed by atoms with Gasteiger partial charge >= 0.3 is 26.8 Å². The van der Waals surface area contributed by atoms with Gasteiger partial charge in [0, 0.05) is 0 Å². The topological polar surface area (TPSA) is 0 Å². The summed E-state index contributed by atoms with van der Waals surface area (Å²) in [5, 5.41) is 8.18. The third-order valence-corrected chi connectivity index (χ3v) is 7.17. The Balaban J connectivity index is 0.000000712. The summed E-state index contributed by atoms with van der Waals surface area (Å²) in [4.78, 5) is 0. The summed E-state index contributed by atoms with van der Waals surface area (Å²) in [7, 11) is 2.97. The van der Waals surface area contributed by atoms with E-state index >= 15 is 0 Å². The van der Waals surface area contributed by atoms with Crippen LogP contribution in [-0.2, 0) is 32.0 Å². The minimum atomic E-state index is 0. The second kappa shape index (κ2) is 18.4. The molecular formula is C37H42Cl2SiTi-4.